The topological polar surface area (TPSA) is 66.4 Å². The zero-order valence-electron chi connectivity index (χ0n) is 11.4. The quantitative estimate of drug-likeness (QED) is 0.688. The SMILES string of the molecule is CCC(CC)CNC(=O)CC(C)(C)CC(=O)O. The number of rotatable bonds is 8. The molecular formula is C13H25NO3. The van der Waals surface area contributed by atoms with Crippen LogP contribution in [0.15, 0.2) is 0 Å². The molecule has 4 nitrogen and oxygen atoms in total. The normalized spacial score (nSPS) is 11.6. The second-order valence-electron chi connectivity index (χ2n) is 5.40. The Morgan fingerprint density at radius 1 is 1.18 bits per heavy atom. The van der Waals surface area contributed by atoms with Gasteiger partial charge in [0.1, 0.15) is 0 Å². The summed E-state index contributed by atoms with van der Waals surface area (Å²) in [6.45, 7) is 8.51. The summed E-state index contributed by atoms with van der Waals surface area (Å²) in [4.78, 5) is 22.3. The third-order valence-electron chi connectivity index (χ3n) is 3.01. The molecule has 0 aromatic rings. The number of nitrogens with one attached hydrogen (secondary N) is 1. The van der Waals surface area contributed by atoms with Gasteiger partial charge >= 0.3 is 5.97 Å². The van der Waals surface area contributed by atoms with E-state index < -0.39 is 11.4 Å². The first kappa shape index (κ1) is 15.9. The van der Waals surface area contributed by atoms with Crippen LogP contribution in [0.1, 0.15) is 53.4 Å². The molecule has 0 aliphatic rings. The maximum atomic E-state index is 11.7. The first-order valence-corrected chi connectivity index (χ1v) is 6.29. The Hall–Kier alpha value is -1.06. The summed E-state index contributed by atoms with van der Waals surface area (Å²) in [5.74, 6) is -0.396. The van der Waals surface area contributed by atoms with Gasteiger partial charge in [0.05, 0.1) is 6.42 Å². The number of carbonyl (C=O) groups excluding carboxylic acids is 1. The van der Waals surface area contributed by atoms with E-state index in [1.165, 1.54) is 0 Å². The lowest BCUT2D eigenvalue weighted by Crippen LogP contribution is -2.33. The van der Waals surface area contributed by atoms with E-state index in [9.17, 15) is 9.59 Å². The summed E-state index contributed by atoms with van der Waals surface area (Å²) < 4.78 is 0. The molecule has 0 aliphatic heterocycles. The molecule has 2 N–H and O–H groups in total. The van der Waals surface area contributed by atoms with Crippen LogP contribution in [0.25, 0.3) is 0 Å². The van der Waals surface area contributed by atoms with Crippen LogP contribution in [-0.2, 0) is 9.59 Å². The molecule has 0 spiro atoms. The summed E-state index contributed by atoms with van der Waals surface area (Å²) in [5.41, 5.74) is -0.482. The van der Waals surface area contributed by atoms with Crippen LogP contribution in [0.2, 0.25) is 0 Å². The molecule has 100 valence electrons. The van der Waals surface area contributed by atoms with Gasteiger partial charge in [-0.2, -0.15) is 0 Å². The van der Waals surface area contributed by atoms with Crippen molar-refractivity contribution in [2.24, 2.45) is 11.3 Å². The predicted octanol–water partition coefficient (Wildman–Crippen LogP) is 2.43. The number of aliphatic carboxylic acids is 1. The smallest absolute Gasteiger partial charge is 0.303 e. The zero-order chi connectivity index (χ0) is 13.5. The number of carboxylic acid groups (broad SMARTS) is 1. The highest BCUT2D eigenvalue weighted by molar-refractivity contribution is 5.77. The summed E-state index contributed by atoms with van der Waals surface area (Å²) in [5, 5.41) is 11.6. The van der Waals surface area contributed by atoms with Gasteiger partial charge in [0.15, 0.2) is 0 Å². The number of amides is 1. The molecular weight excluding hydrogens is 218 g/mol. The van der Waals surface area contributed by atoms with Crippen molar-refractivity contribution in [3.63, 3.8) is 0 Å². The van der Waals surface area contributed by atoms with Crippen molar-refractivity contribution in [2.75, 3.05) is 6.54 Å². The van der Waals surface area contributed by atoms with Crippen molar-refractivity contribution >= 4 is 11.9 Å². The number of hydrogen-bond acceptors (Lipinski definition) is 2. The minimum atomic E-state index is -0.859. The first-order chi connectivity index (χ1) is 7.80. The van der Waals surface area contributed by atoms with Crippen molar-refractivity contribution in [3.05, 3.63) is 0 Å². The minimum Gasteiger partial charge on any atom is -0.481 e. The fourth-order valence-electron chi connectivity index (χ4n) is 1.80. The monoisotopic (exact) mass is 243 g/mol. The van der Waals surface area contributed by atoms with Crippen LogP contribution in [0.4, 0.5) is 0 Å². The predicted molar refractivity (Wildman–Crippen MR) is 67.7 cm³/mol. The number of carboxylic acids is 1. The Morgan fingerprint density at radius 2 is 1.71 bits per heavy atom. The molecule has 1 amide bonds. The average Bonchev–Trinajstić information content (AvgIpc) is 2.16. The zero-order valence-corrected chi connectivity index (χ0v) is 11.4. The molecule has 0 aliphatic carbocycles. The van der Waals surface area contributed by atoms with E-state index in [4.69, 9.17) is 5.11 Å². The van der Waals surface area contributed by atoms with Gasteiger partial charge in [-0.15, -0.1) is 0 Å². The Kier molecular flexibility index (Phi) is 6.85. The molecule has 17 heavy (non-hydrogen) atoms. The van der Waals surface area contributed by atoms with Gasteiger partial charge in [-0.1, -0.05) is 40.5 Å². The highest BCUT2D eigenvalue weighted by atomic mass is 16.4. The van der Waals surface area contributed by atoms with Crippen molar-refractivity contribution < 1.29 is 14.7 Å². The van der Waals surface area contributed by atoms with E-state index in [0.717, 1.165) is 12.8 Å². The second kappa shape index (κ2) is 7.30. The summed E-state index contributed by atoms with van der Waals surface area (Å²) in [6, 6.07) is 0. The van der Waals surface area contributed by atoms with Gasteiger partial charge in [-0.3, -0.25) is 9.59 Å². The highest BCUT2D eigenvalue weighted by Crippen LogP contribution is 2.24. The molecule has 4 heteroatoms. The molecule has 0 bridgehead atoms. The molecule has 0 unspecified atom stereocenters. The minimum absolute atomic E-state index is 0.0193. The van der Waals surface area contributed by atoms with Crippen molar-refractivity contribution in [1.82, 2.24) is 5.32 Å². The van der Waals surface area contributed by atoms with E-state index in [1.807, 2.05) is 0 Å². The summed E-state index contributed by atoms with van der Waals surface area (Å²) in [7, 11) is 0. The van der Waals surface area contributed by atoms with Crippen LogP contribution in [0.3, 0.4) is 0 Å². The lowest BCUT2D eigenvalue weighted by atomic mass is 9.85. The molecule has 0 aromatic heterocycles. The third-order valence-corrected chi connectivity index (χ3v) is 3.01. The lowest BCUT2D eigenvalue weighted by molar-refractivity contribution is -0.139. The van der Waals surface area contributed by atoms with Crippen molar-refractivity contribution in [2.45, 2.75) is 53.4 Å². The summed E-state index contributed by atoms with van der Waals surface area (Å²) in [6.07, 6.45) is 2.38. The Labute approximate surface area is 104 Å². The fraction of sp³-hybridized carbons (Fsp3) is 0.846. The van der Waals surface area contributed by atoms with E-state index in [-0.39, 0.29) is 18.7 Å². The van der Waals surface area contributed by atoms with E-state index in [1.54, 1.807) is 13.8 Å². The first-order valence-electron chi connectivity index (χ1n) is 6.29. The summed E-state index contributed by atoms with van der Waals surface area (Å²) >= 11 is 0. The fourth-order valence-corrected chi connectivity index (χ4v) is 1.80. The number of hydrogen-bond donors (Lipinski definition) is 2. The molecule has 0 fully saturated rings. The molecule has 0 rings (SSSR count). The van der Waals surface area contributed by atoms with Gasteiger partial charge in [0, 0.05) is 13.0 Å². The van der Waals surface area contributed by atoms with Crippen molar-refractivity contribution in [1.29, 1.82) is 0 Å². The molecule has 0 heterocycles. The van der Waals surface area contributed by atoms with Gasteiger partial charge in [-0.05, 0) is 11.3 Å². The van der Waals surface area contributed by atoms with E-state index in [2.05, 4.69) is 19.2 Å². The third kappa shape index (κ3) is 7.77. The number of carbonyl (C=O) groups is 2. The van der Waals surface area contributed by atoms with Crippen LogP contribution in [0.5, 0.6) is 0 Å². The van der Waals surface area contributed by atoms with Crippen LogP contribution >= 0.6 is 0 Å². The molecule has 0 radical (unpaired) electrons. The maximum Gasteiger partial charge on any atom is 0.303 e. The van der Waals surface area contributed by atoms with Crippen LogP contribution < -0.4 is 5.32 Å². The molecule has 0 aromatic carbocycles. The maximum absolute atomic E-state index is 11.7. The van der Waals surface area contributed by atoms with Crippen LogP contribution in [-0.4, -0.2) is 23.5 Å². The Bertz CT molecular complexity index is 257. The molecule has 0 saturated carbocycles. The lowest BCUT2D eigenvalue weighted by Gasteiger charge is -2.22. The largest absolute Gasteiger partial charge is 0.481 e. The molecule has 0 atom stereocenters. The average molecular weight is 243 g/mol. The highest BCUT2D eigenvalue weighted by Gasteiger charge is 2.25. The standard InChI is InChI=1S/C13H25NO3/c1-5-10(6-2)9-14-11(15)7-13(3,4)8-12(16)17/h10H,5-9H2,1-4H3,(H,14,15)(H,16,17). The van der Waals surface area contributed by atoms with Crippen molar-refractivity contribution in [3.8, 4) is 0 Å². The van der Waals surface area contributed by atoms with Gasteiger partial charge in [0.2, 0.25) is 5.91 Å². The van der Waals surface area contributed by atoms with E-state index >= 15 is 0 Å². The Morgan fingerprint density at radius 3 is 2.12 bits per heavy atom. The van der Waals surface area contributed by atoms with Gasteiger partial charge in [0.25, 0.3) is 0 Å². The van der Waals surface area contributed by atoms with Gasteiger partial charge in [-0.25, -0.2) is 0 Å². The molecule has 0 saturated heterocycles. The second-order valence-corrected chi connectivity index (χ2v) is 5.40. The van der Waals surface area contributed by atoms with Gasteiger partial charge < -0.3 is 10.4 Å². The Balaban J connectivity index is 4.04. The van der Waals surface area contributed by atoms with E-state index in [0.29, 0.717) is 12.5 Å². The van der Waals surface area contributed by atoms with Crippen LogP contribution in [0, 0.1) is 11.3 Å².